The molecule has 2 aliphatic rings. The van der Waals surface area contributed by atoms with Crippen LogP contribution < -0.4 is 10.6 Å². The zero-order valence-corrected chi connectivity index (χ0v) is 22.6. The highest BCUT2D eigenvalue weighted by atomic mass is 19.1. The molecule has 0 aromatic heterocycles. The molecule has 1 aliphatic carbocycles. The summed E-state index contributed by atoms with van der Waals surface area (Å²) < 4.78 is 13.1. The van der Waals surface area contributed by atoms with Gasteiger partial charge in [0.1, 0.15) is 11.9 Å². The van der Waals surface area contributed by atoms with Crippen molar-refractivity contribution in [2.45, 2.75) is 77.8 Å². The highest BCUT2D eigenvalue weighted by Crippen LogP contribution is 2.31. The number of hydrogen-bond acceptors (Lipinski definition) is 5. The van der Waals surface area contributed by atoms with Crippen molar-refractivity contribution in [1.29, 1.82) is 0 Å². The number of nitrogens with one attached hydrogen (secondary N) is 2. The van der Waals surface area contributed by atoms with E-state index in [2.05, 4.69) is 10.6 Å². The normalized spacial score (nSPS) is 18.5. The van der Waals surface area contributed by atoms with Gasteiger partial charge in [-0.25, -0.2) is 9.45 Å². The average Bonchev–Trinajstić information content (AvgIpc) is 3.39. The lowest BCUT2D eigenvalue weighted by Crippen LogP contribution is -2.58. The molecule has 210 valence electrons. The van der Waals surface area contributed by atoms with Gasteiger partial charge in [0.05, 0.1) is 12.5 Å². The summed E-state index contributed by atoms with van der Waals surface area (Å²) in [5.41, 5.74) is -0.189. The van der Waals surface area contributed by atoms with E-state index in [9.17, 15) is 28.8 Å². The Hall–Kier alpha value is -3.01. The summed E-state index contributed by atoms with van der Waals surface area (Å²) in [6.07, 6.45) is 6.23. The molecule has 0 radical (unpaired) electrons. The predicted molar refractivity (Wildman–Crippen MR) is 139 cm³/mol. The summed E-state index contributed by atoms with van der Waals surface area (Å²) in [4.78, 5) is 52.2. The highest BCUT2D eigenvalue weighted by Gasteiger charge is 2.39. The number of amides is 4. The number of benzene rings is 1. The maximum atomic E-state index is 13.6. The molecule has 0 bridgehead atoms. The Morgan fingerprint density at radius 3 is 2.26 bits per heavy atom. The van der Waals surface area contributed by atoms with Crippen LogP contribution in [-0.4, -0.2) is 71.0 Å². The fraction of sp³-hybridized carbons (Fsp3) is 0.643. The topological polar surface area (TPSA) is 119 Å². The molecule has 1 saturated heterocycles. The SMILES string of the molecule is CC(C)(C)C(NC(=O)C(CC1CCCC1)CN(O)C=O)C(=O)N1CCC(NC(=O)c2ccc(F)cc2)CC1. The molecule has 2 fully saturated rings. The lowest BCUT2D eigenvalue weighted by molar-refractivity contribution is -0.156. The van der Waals surface area contributed by atoms with Gasteiger partial charge in [-0.05, 0) is 54.9 Å². The molecule has 1 aromatic rings. The summed E-state index contributed by atoms with van der Waals surface area (Å²) in [7, 11) is 0. The van der Waals surface area contributed by atoms with Gasteiger partial charge in [-0.15, -0.1) is 0 Å². The Labute approximate surface area is 224 Å². The van der Waals surface area contributed by atoms with Gasteiger partial charge in [-0.2, -0.15) is 0 Å². The largest absolute Gasteiger partial charge is 0.349 e. The molecule has 4 amide bonds. The third-order valence-corrected chi connectivity index (χ3v) is 7.64. The second kappa shape index (κ2) is 13.2. The summed E-state index contributed by atoms with van der Waals surface area (Å²) in [6, 6.07) is 4.46. The lowest BCUT2D eigenvalue weighted by Gasteiger charge is -2.39. The van der Waals surface area contributed by atoms with Gasteiger partial charge < -0.3 is 15.5 Å². The highest BCUT2D eigenvalue weighted by molar-refractivity contribution is 5.94. The lowest BCUT2D eigenvalue weighted by atomic mass is 9.84. The van der Waals surface area contributed by atoms with Crippen LogP contribution in [0.5, 0.6) is 0 Å². The van der Waals surface area contributed by atoms with Crippen molar-refractivity contribution >= 4 is 24.1 Å². The summed E-state index contributed by atoms with van der Waals surface area (Å²) in [6.45, 7) is 6.41. The minimum absolute atomic E-state index is 0.115. The molecule has 10 heteroatoms. The zero-order chi connectivity index (χ0) is 27.9. The van der Waals surface area contributed by atoms with Crippen molar-refractivity contribution in [2.24, 2.45) is 17.3 Å². The Kier molecular flexibility index (Phi) is 10.2. The first-order valence-electron chi connectivity index (χ1n) is 13.5. The molecule has 1 saturated carbocycles. The quantitative estimate of drug-likeness (QED) is 0.243. The molecule has 2 atom stereocenters. The van der Waals surface area contributed by atoms with E-state index in [4.69, 9.17) is 0 Å². The average molecular weight is 533 g/mol. The number of hydrogen-bond donors (Lipinski definition) is 3. The van der Waals surface area contributed by atoms with E-state index in [0.717, 1.165) is 25.7 Å². The van der Waals surface area contributed by atoms with Gasteiger partial charge in [-0.3, -0.25) is 24.4 Å². The van der Waals surface area contributed by atoms with Crippen LogP contribution >= 0.6 is 0 Å². The number of hydroxylamine groups is 2. The summed E-state index contributed by atoms with van der Waals surface area (Å²) >= 11 is 0. The maximum Gasteiger partial charge on any atom is 0.251 e. The molecule has 0 spiro atoms. The van der Waals surface area contributed by atoms with E-state index in [1.807, 2.05) is 20.8 Å². The first kappa shape index (κ1) is 29.5. The van der Waals surface area contributed by atoms with Crippen LogP contribution in [0.2, 0.25) is 0 Å². The van der Waals surface area contributed by atoms with Crippen molar-refractivity contribution in [2.75, 3.05) is 19.6 Å². The van der Waals surface area contributed by atoms with Gasteiger partial charge in [0.2, 0.25) is 18.2 Å². The minimum Gasteiger partial charge on any atom is -0.349 e. The smallest absolute Gasteiger partial charge is 0.251 e. The molecule has 1 heterocycles. The molecule has 1 aromatic carbocycles. The van der Waals surface area contributed by atoms with Crippen LogP contribution in [0, 0.1) is 23.1 Å². The van der Waals surface area contributed by atoms with Crippen molar-refractivity contribution in [3.63, 3.8) is 0 Å². The third kappa shape index (κ3) is 8.24. The standard InChI is InChI=1S/C28H41FN4O5/c1-28(2,3)24(31-26(36)21(17-33(38)18-34)16-19-6-4-5-7-19)27(37)32-14-12-23(13-15-32)30-25(35)20-8-10-22(29)11-9-20/h8-11,18-19,21,23-24,38H,4-7,12-17H2,1-3H3,(H,30,35)(H,31,36). The molecular formula is C28H41FN4O5. The Morgan fingerprint density at radius 1 is 1.11 bits per heavy atom. The van der Waals surface area contributed by atoms with E-state index in [0.29, 0.717) is 55.3 Å². The first-order valence-corrected chi connectivity index (χ1v) is 13.5. The van der Waals surface area contributed by atoms with Crippen molar-refractivity contribution in [3.05, 3.63) is 35.6 Å². The molecule has 3 rings (SSSR count). The first-order chi connectivity index (χ1) is 18.0. The zero-order valence-electron chi connectivity index (χ0n) is 22.6. The van der Waals surface area contributed by atoms with Crippen LogP contribution in [0.1, 0.15) is 76.1 Å². The Balaban J connectivity index is 1.60. The van der Waals surface area contributed by atoms with Gasteiger partial charge in [0, 0.05) is 24.7 Å². The third-order valence-electron chi connectivity index (χ3n) is 7.64. The van der Waals surface area contributed by atoms with Gasteiger partial charge in [0.25, 0.3) is 5.91 Å². The van der Waals surface area contributed by atoms with Crippen molar-refractivity contribution < 1.29 is 28.8 Å². The Morgan fingerprint density at radius 2 is 1.71 bits per heavy atom. The molecule has 9 nitrogen and oxygen atoms in total. The van der Waals surface area contributed by atoms with E-state index in [1.54, 1.807) is 4.90 Å². The van der Waals surface area contributed by atoms with E-state index < -0.39 is 23.2 Å². The number of carbonyl (C=O) groups excluding carboxylic acids is 4. The van der Waals surface area contributed by atoms with Crippen molar-refractivity contribution in [3.8, 4) is 0 Å². The van der Waals surface area contributed by atoms with Crippen LogP contribution in [0.15, 0.2) is 24.3 Å². The molecular weight excluding hydrogens is 491 g/mol. The maximum absolute atomic E-state index is 13.6. The van der Waals surface area contributed by atoms with E-state index >= 15 is 0 Å². The Bertz CT molecular complexity index is 966. The van der Waals surface area contributed by atoms with Crippen LogP contribution in [0.3, 0.4) is 0 Å². The monoisotopic (exact) mass is 532 g/mol. The number of halogens is 1. The number of carbonyl (C=O) groups is 4. The number of rotatable bonds is 10. The molecule has 2 unspecified atom stereocenters. The van der Waals surface area contributed by atoms with Gasteiger partial charge in [0.15, 0.2) is 0 Å². The van der Waals surface area contributed by atoms with Crippen LogP contribution in [0.4, 0.5) is 4.39 Å². The minimum atomic E-state index is -0.783. The number of piperidine rings is 1. The number of nitrogens with zero attached hydrogens (tertiary/aromatic N) is 2. The fourth-order valence-electron chi connectivity index (χ4n) is 5.39. The van der Waals surface area contributed by atoms with Crippen LogP contribution in [0.25, 0.3) is 0 Å². The van der Waals surface area contributed by atoms with E-state index in [1.165, 1.54) is 24.3 Å². The predicted octanol–water partition coefficient (Wildman–Crippen LogP) is 3.12. The van der Waals surface area contributed by atoms with Crippen molar-refractivity contribution in [1.82, 2.24) is 20.6 Å². The van der Waals surface area contributed by atoms with Gasteiger partial charge >= 0.3 is 0 Å². The second-order valence-corrected chi connectivity index (χ2v) is 11.7. The van der Waals surface area contributed by atoms with Crippen LogP contribution in [-0.2, 0) is 14.4 Å². The second-order valence-electron chi connectivity index (χ2n) is 11.7. The summed E-state index contributed by atoms with van der Waals surface area (Å²) in [5.74, 6) is -1.47. The fourth-order valence-corrected chi connectivity index (χ4v) is 5.39. The number of likely N-dealkylation sites (tertiary alicyclic amines) is 1. The molecule has 38 heavy (non-hydrogen) atoms. The van der Waals surface area contributed by atoms with E-state index in [-0.39, 0.29) is 30.3 Å². The van der Waals surface area contributed by atoms with Gasteiger partial charge in [-0.1, -0.05) is 46.5 Å². The molecule has 1 aliphatic heterocycles. The summed E-state index contributed by atoms with van der Waals surface area (Å²) in [5, 5.41) is 16.2. The molecule has 3 N–H and O–H groups in total.